The SMILES string of the molecule is CC(C)(C)OC(=O)N1C[C@@H](OCc2ccccc2)C[C@@]1(CCCCB1OC(C)(C)C(C)(C)O1)C(=O)OCc1ccccc1. The van der Waals surface area contributed by atoms with Gasteiger partial charge in [0.2, 0.25) is 0 Å². The van der Waals surface area contributed by atoms with Crippen LogP contribution in [0.3, 0.4) is 0 Å². The fraction of sp³-hybridized carbons (Fsp3) is 0.588. The van der Waals surface area contributed by atoms with Gasteiger partial charge in [0.25, 0.3) is 0 Å². The standard InChI is InChI=1S/C34H48BNO7/c1-31(2,3)41-30(38)36-23-28(39-24-26-16-10-8-11-17-26)22-34(36,29(37)40-25-27-18-12-9-13-19-27)20-14-15-21-35-42-32(4,5)33(6,7)43-35/h8-13,16-19,28H,14-15,20-25H2,1-7H3/t28-,34-/m0/s1. The van der Waals surface area contributed by atoms with Crippen LogP contribution < -0.4 is 0 Å². The van der Waals surface area contributed by atoms with Crippen molar-refractivity contribution in [2.24, 2.45) is 0 Å². The fourth-order valence-electron chi connectivity index (χ4n) is 5.60. The van der Waals surface area contributed by atoms with Crippen molar-refractivity contribution in [2.45, 2.75) is 122 Å². The third-order valence-corrected chi connectivity index (χ3v) is 8.59. The molecule has 1 amide bonds. The van der Waals surface area contributed by atoms with Gasteiger partial charge < -0.3 is 23.5 Å². The highest BCUT2D eigenvalue weighted by Gasteiger charge is 2.56. The molecule has 0 saturated carbocycles. The van der Waals surface area contributed by atoms with Crippen LogP contribution in [0.2, 0.25) is 6.32 Å². The quantitative estimate of drug-likeness (QED) is 0.158. The Kier molecular flexibility index (Phi) is 10.3. The number of esters is 1. The van der Waals surface area contributed by atoms with Crippen molar-refractivity contribution in [3.63, 3.8) is 0 Å². The van der Waals surface area contributed by atoms with Gasteiger partial charge in [0, 0.05) is 6.42 Å². The minimum absolute atomic E-state index is 0.118. The molecular formula is C34H48BNO7. The molecule has 2 aromatic carbocycles. The maximum Gasteiger partial charge on any atom is 0.457 e. The van der Waals surface area contributed by atoms with Crippen molar-refractivity contribution in [1.82, 2.24) is 4.90 Å². The number of hydrogen-bond acceptors (Lipinski definition) is 7. The zero-order valence-corrected chi connectivity index (χ0v) is 26.9. The third-order valence-electron chi connectivity index (χ3n) is 8.59. The van der Waals surface area contributed by atoms with Crippen molar-refractivity contribution in [3.8, 4) is 0 Å². The van der Waals surface area contributed by atoms with E-state index in [4.69, 9.17) is 23.5 Å². The molecule has 0 bridgehead atoms. The Bertz CT molecular complexity index is 1200. The van der Waals surface area contributed by atoms with Crippen LogP contribution in [0.4, 0.5) is 4.79 Å². The van der Waals surface area contributed by atoms with E-state index >= 15 is 0 Å². The normalized spacial score (nSPS) is 22.9. The summed E-state index contributed by atoms with van der Waals surface area (Å²) in [5.41, 5.74) is -0.848. The van der Waals surface area contributed by atoms with Crippen LogP contribution >= 0.6 is 0 Å². The van der Waals surface area contributed by atoms with Crippen LogP contribution in [0.15, 0.2) is 60.7 Å². The second-order valence-corrected chi connectivity index (χ2v) is 13.7. The number of ether oxygens (including phenoxy) is 3. The van der Waals surface area contributed by atoms with Crippen molar-refractivity contribution in [1.29, 1.82) is 0 Å². The Balaban J connectivity index is 1.53. The predicted octanol–water partition coefficient (Wildman–Crippen LogP) is 6.96. The first-order valence-corrected chi connectivity index (χ1v) is 15.4. The van der Waals surface area contributed by atoms with Crippen LogP contribution in [0.1, 0.15) is 85.3 Å². The summed E-state index contributed by atoms with van der Waals surface area (Å²) in [6, 6.07) is 19.4. The highest BCUT2D eigenvalue weighted by atomic mass is 16.7. The molecule has 4 rings (SSSR count). The van der Waals surface area contributed by atoms with E-state index in [1.807, 2.05) is 109 Å². The highest BCUT2D eigenvalue weighted by Crippen LogP contribution is 2.41. The summed E-state index contributed by atoms with van der Waals surface area (Å²) >= 11 is 0. The first-order valence-electron chi connectivity index (χ1n) is 15.4. The van der Waals surface area contributed by atoms with Crippen molar-refractivity contribution in [2.75, 3.05) is 6.54 Å². The maximum absolute atomic E-state index is 14.1. The first kappa shape index (κ1) is 33.0. The van der Waals surface area contributed by atoms with Gasteiger partial charge in [0.15, 0.2) is 0 Å². The van der Waals surface area contributed by atoms with Crippen LogP contribution in [0.25, 0.3) is 0 Å². The van der Waals surface area contributed by atoms with Crippen LogP contribution in [-0.2, 0) is 41.5 Å². The van der Waals surface area contributed by atoms with Crippen molar-refractivity contribution < 1.29 is 33.1 Å². The van der Waals surface area contributed by atoms with Gasteiger partial charge in [-0.3, -0.25) is 4.90 Å². The van der Waals surface area contributed by atoms with Gasteiger partial charge in [-0.15, -0.1) is 0 Å². The van der Waals surface area contributed by atoms with Crippen molar-refractivity contribution >= 4 is 19.2 Å². The molecule has 0 unspecified atom stereocenters. The van der Waals surface area contributed by atoms with E-state index in [-0.39, 0.29) is 26.4 Å². The van der Waals surface area contributed by atoms with Crippen molar-refractivity contribution in [3.05, 3.63) is 71.8 Å². The molecule has 0 aliphatic carbocycles. The Morgan fingerprint density at radius 3 is 2.00 bits per heavy atom. The lowest BCUT2D eigenvalue weighted by atomic mass is 9.80. The average Bonchev–Trinajstić information content (AvgIpc) is 3.42. The van der Waals surface area contributed by atoms with E-state index in [0.29, 0.717) is 32.2 Å². The molecular weight excluding hydrogens is 545 g/mol. The Morgan fingerprint density at radius 1 is 0.884 bits per heavy atom. The zero-order valence-electron chi connectivity index (χ0n) is 26.9. The molecule has 9 heteroatoms. The smallest absolute Gasteiger partial charge is 0.457 e. The molecule has 8 nitrogen and oxygen atoms in total. The molecule has 0 N–H and O–H groups in total. The number of carbonyl (C=O) groups excluding carboxylic acids is 2. The van der Waals surface area contributed by atoms with Gasteiger partial charge in [-0.1, -0.05) is 73.5 Å². The number of rotatable bonds is 11. The molecule has 2 aromatic rings. The van der Waals surface area contributed by atoms with E-state index < -0.39 is 34.4 Å². The van der Waals surface area contributed by atoms with Gasteiger partial charge >= 0.3 is 19.2 Å². The van der Waals surface area contributed by atoms with Gasteiger partial charge in [-0.2, -0.15) is 0 Å². The molecule has 0 radical (unpaired) electrons. The minimum Gasteiger partial charge on any atom is -0.459 e. The molecule has 2 heterocycles. The first-order chi connectivity index (χ1) is 20.2. The van der Waals surface area contributed by atoms with E-state index in [0.717, 1.165) is 17.5 Å². The Hall–Kier alpha value is -2.88. The number of hydrogen-bond donors (Lipinski definition) is 0. The molecule has 0 spiro atoms. The summed E-state index contributed by atoms with van der Waals surface area (Å²) in [7, 11) is -0.321. The Morgan fingerprint density at radius 2 is 1.44 bits per heavy atom. The molecule has 2 atom stereocenters. The number of amides is 1. The summed E-state index contributed by atoms with van der Waals surface area (Å²) in [4.78, 5) is 29.3. The molecule has 0 aromatic heterocycles. The topological polar surface area (TPSA) is 83.5 Å². The average molecular weight is 594 g/mol. The number of likely N-dealkylation sites (tertiary alicyclic amines) is 1. The second-order valence-electron chi connectivity index (χ2n) is 13.7. The second kappa shape index (κ2) is 13.4. The highest BCUT2D eigenvalue weighted by molar-refractivity contribution is 6.45. The van der Waals surface area contributed by atoms with Crippen LogP contribution in [0.5, 0.6) is 0 Å². The maximum atomic E-state index is 14.1. The molecule has 2 aliphatic heterocycles. The number of carbonyl (C=O) groups is 2. The molecule has 43 heavy (non-hydrogen) atoms. The lowest BCUT2D eigenvalue weighted by molar-refractivity contribution is -0.158. The van der Waals surface area contributed by atoms with E-state index in [1.165, 1.54) is 0 Å². The van der Waals surface area contributed by atoms with Gasteiger partial charge in [-0.05, 0) is 72.3 Å². The number of nitrogens with zero attached hydrogens (tertiary/aromatic N) is 1. The van der Waals surface area contributed by atoms with Crippen LogP contribution in [0, 0.1) is 0 Å². The monoisotopic (exact) mass is 593 g/mol. The van der Waals surface area contributed by atoms with E-state index in [9.17, 15) is 9.59 Å². The molecule has 234 valence electrons. The minimum atomic E-state index is -1.23. The third kappa shape index (κ3) is 8.40. The summed E-state index contributed by atoms with van der Waals surface area (Å²) in [5.74, 6) is -0.441. The summed E-state index contributed by atoms with van der Waals surface area (Å²) in [6.45, 7) is 14.4. The fourth-order valence-corrected chi connectivity index (χ4v) is 5.60. The Labute approximate surface area is 257 Å². The summed E-state index contributed by atoms with van der Waals surface area (Å²) in [5, 5.41) is 0. The lowest BCUT2D eigenvalue weighted by Crippen LogP contribution is -2.55. The van der Waals surface area contributed by atoms with E-state index in [2.05, 4.69) is 0 Å². The largest absolute Gasteiger partial charge is 0.459 e. The number of benzene rings is 2. The predicted molar refractivity (Wildman–Crippen MR) is 166 cm³/mol. The summed E-state index contributed by atoms with van der Waals surface area (Å²) in [6.07, 6.45) is 1.93. The molecule has 2 aliphatic rings. The van der Waals surface area contributed by atoms with Gasteiger partial charge in [0.05, 0.1) is 30.5 Å². The van der Waals surface area contributed by atoms with Gasteiger partial charge in [-0.25, -0.2) is 9.59 Å². The molecule has 2 fully saturated rings. The lowest BCUT2D eigenvalue weighted by Gasteiger charge is -2.37. The summed E-state index contributed by atoms with van der Waals surface area (Å²) < 4.78 is 30.4. The van der Waals surface area contributed by atoms with Gasteiger partial charge in [0.1, 0.15) is 17.7 Å². The van der Waals surface area contributed by atoms with E-state index in [1.54, 1.807) is 4.90 Å². The molecule has 2 saturated heterocycles. The number of unbranched alkanes of at least 4 members (excludes halogenated alkanes) is 1. The van der Waals surface area contributed by atoms with Crippen LogP contribution in [-0.4, -0.2) is 59.1 Å². The zero-order chi connectivity index (χ0) is 31.3.